The van der Waals surface area contributed by atoms with E-state index in [1.807, 2.05) is 19.9 Å². The van der Waals surface area contributed by atoms with E-state index in [-0.39, 0.29) is 0 Å². The van der Waals surface area contributed by atoms with Crippen LogP contribution in [-0.4, -0.2) is 24.7 Å². The maximum absolute atomic E-state index is 5.81. The van der Waals surface area contributed by atoms with Gasteiger partial charge in [-0.15, -0.1) is 0 Å². The highest BCUT2D eigenvalue weighted by atomic mass is 16.5. The largest absolute Gasteiger partial charge is 0.490 e. The first-order valence-electron chi connectivity index (χ1n) is 9.48. The summed E-state index contributed by atoms with van der Waals surface area (Å²) in [5.74, 6) is 1.58. The summed E-state index contributed by atoms with van der Waals surface area (Å²) in [7, 11) is 0. The van der Waals surface area contributed by atoms with E-state index in [9.17, 15) is 0 Å². The molecule has 4 nitrogen and oxygen atoms in total. The van der Waals surface area contributed by atoms with Gasteiger partial charge in [0.2, 0.25) is 0 Å². The highest BCUT2D eigenvalue weighted by Crippen LogP contribution is 2.36. The minimum absolute atomic E-state index is 0.611. The van der Waals surface area contributed by atoms with Gasteiger partial charge in [0.25, 0.3) is 0 Å². The molecule has 2 aromatic carbocycles. The Kier molecular flexibility index (Phi) is 6.18. The van der Waals surface area contributed by atoms with E-state index in [0.717, 1.165) is 54.1 Å². The van der Waals surface area contributed by atoms with Crippen LogP contribution in [0, 0.1) is 0 Å². The highest BCUT2D eigenvalue weighted by molar-refractivity contribution is 5.91. The second-order valence-corrected chi connectivity index (χ2v) is 6.30. The van der Waals surface area contributed by atoms with Gasteiger partial charge in [-0.3, -0.25) is 0 Å². The number of para-hydroxylation sites is 1. The van der Waals surface area contributed by atoms with Crippen molar-refractivity contribution in [1.29, 1.82) is 0 Å². The molecule has 3 aromatic rings. The Labute approximate surface area is 155 Å². The predicted molar refractivity (Wildman–Crippen MR) is 108 cm³/mol. The number of aromatic amines is 1. The minimum atomic E-state index is 0.611. The Balaban J connectivity index is 2.06. The lowest BCUT2D eigenvalue weighted by molar-refractivity contribution is 0.288. The smallest absolute Gasteiger partial charge is 0.161 e. The predicted octanol–water partition coefficient (Wildman–Crippen LogP) is 4.91. The Morgan fingerprint density at radius 2 is 1.69 bits per heavy atom. The van der Waals surface area contributed by atoms with Crippen molar-refractivity contribution in [2.24, 2.45) is 5.73 Å². The van der Waals surface area contributed by atoms with E-state index in [4.69, 9.17) is 15.2 Å². The molecule has 0 spiro atoms. The van der Waals surface area contributed by atoms with E-state index >= 15 is 0 Å². The van der Waals surface area contributed by atoms with Gasteiger partial charge in [0.1, 0.15) is 0 Å². The van der Waals surface area contributed by atoms with Crippen molar-refractivity contribution < 1.29 is 9.47 Å². The third-order valence-electron chi connectivity index (χ3n) is 4.53. The van der Waals surface area contributed by atoms with Crippen molar-refractivity contribution in [3.8, 4) is 22.8 Å². The molecule has 0 amide bonds. The molecule has 0 bridgehead atoms. The van der Waals surface area contributed by atoms with Gasteiger partial charge in [-0.2, -0.15) is 0 Å². The van der Waals surface area contributed by atoms with Gasteiger partial charge in [-0.25, -0.2) is 0 Å². The molecule has 3 rings (SSSR count). The minimum Gasteiger partial charge on any atom is -0.490 e. The van der Waals surface area contributed by atoms with E-state index in [2.05, 4.69) is 41.4 Å². The van der Waals surface area contributed by atoms with Crippen LogP contribution in [0.1, 0.15) is 32.3 Å². The molecule has 0 saturated carbocycles. The molecule has 0 unspecified atom stereocenters. The lowest BCUT2D eigenvalue weighted by Gasteiger charge is -2.13. The quantitative estimate of drug-likeness (QED) is 0.538. The molecule has 0 aliphatic heterocycles. The fourth-order valence-corrected chi connectivity index (χ4v) is 3.36. The van der Waals surface area contributed by atoms with Crippen molar-refractivity contribution in [2.75, 3.05) is 19.8 Å². The van der Waals surface area contributed by atoms with Gasteiger partial charge in [0.05, 0.1) is 13.2 Å². The van der Waals surface area contributed by atoms with Gasteiger partial charge in [-0.05, 0) is 69.5 Å². The SMILES string of the molecule is CCOc1ccc(-c2[nH]c3ccccc3c2CCCCN)cc1OCC. The van der Waals surface area contributed by atoms with Crippen molar-refractivity contribution in [3.63, 3.8) is 0 Å². The van der Waals surface area contributed by atoms with Crippen LogP contribution in [0.5, 0.6) is 11.5 Å². The first-order chi connectivity index (χ1) is 12.8. The van der Waals surface area contributed by atoms with Gasteiger partial charge >= 0.3 is 0 Å². The number of ether oxygens (including phenoxy) is 2. The number of aryl methyl sites for hydroxylation is 1. The molecule has 1 aromatic heterocycles. The molecule has 3 N–H and O–H groups in total. The van der Waals surface area contributed by atoms with Crippen LogP contribution in [0.15, 0.2) is 42.5 Å². The first kappa shape index (κ1) is 18.3. The summed E-state index contributed by atoms with van der Waals surface area (Å²) in [6, 6.07) is 14.6. The van der Waals surface area contributed by atoms with Gasteiger partial charge in [0.15, 0.2) is 11.5 Å². The van der Waals surface area contributed by atoms with Crippen LogP contribution in [-0.2, 0) is 6.42 Å². The summed E-state index contributed by atoms with van der Waals surface area (Å²) in [4.78, 5) is 3.60. The molecular formula is C22H28N2O2. The van der Waals surface area contributed by atoms with E-state index in [1.54, 1.807) is 0 Å². The number of rotatable bonds is 9. The van der Waals surface area contributed by atoms with Crippen LogP contribution in [0.2, 0.25) is 0 Å². The van der Waals surface area contributed by atoms with Crippen LogP contribution in [0.3, 0.4) is 0 Å². The van der Waals surface area contributed by atoms with Gasteiger partial charge in [-0.1, -0.05) is 18.2 Å². The summed E-state index contributed by atoms with van der Waals surface area (Å²) in [6.45, 7) is 5.94. The molecule has 0 radical (unpaired) electrons. The van der Waals surface area contributed by atoms with Crippen LogP contribution in [0.25, 0.3) is 22.2 Å². The van der Waals surface area contributed by atoms with Crippen molar-refractivity contribution in [3.05, 3.63) is 48.0 Å². The summed E-state index contributed by atoms with van der Waals surface area (Å²) in [5, 5.41) is 1.28. The summed E-state index contributed by atoms with van der Waals surface area (Å²) in [6.07, 6.45) is 3.13. The molecule has 26 heavy (non-hydrogen) atoms. The molecule has 138 valence electrons. The Hall–Kier alpha value is -2.46. The molecule has 1 heterocycles. The Morgan fingerprint density at radius 3 is 2.46 bits per heavy atom. The lowest BCUT2D eigenvalue weighted by Crippen LogP contribution is -2.00. The standard InChI is InChI=1S/C22H28N2O2/c1-3-25-20-13-12-16(15-21(20)26-4-2)22-18(10-7-8-14-23)17-9-5-6-11-19(17)24-22/h5-6,9,11-13,15,24H,3-4,7-8,10,14,23H2,1-2H3. The third kappa shape index (κ3) is 3.86. The maximum Gasteiger partial charge on any atom is 0.161 e. The number of H-pyrrole nitrogens is 1. The molecule has 4 heteroatoms. The zero-order valence-corrected chi connectivity index (χ0v) is 15.7. The van der Waals surface area contributed by atoms with Crippen molar-refractivity contribution in [1.82, 2.24) is 4.98 Å². The Bertz CT molecular complexity index is 854. The third-order valence-corrected chi connectivity index (χ3v) is 4.53. The monoisotopic (exact) mass is 352 g/mol. The number of fused-ring (bicyclic) bond motifs is 1. The lowest BCUT2D eigenvalue weighted by atomic mass is 10.00. The fraction of sp³-hybridized carbons (Fsp3) is 0.364. The number of unbranched alkanes of at least 4 members (excludes halogenated alkanes) is 1. The topological polar surface area (TPSA) is 60.3 Å². The van der Waals surface area contributed by atoms with Crippen LogP contribution >= 0.6 is 0 Å². The normalized spacial score (nSPS) is 11.0. The van der Waals surface area contributed by atoms with Crippen molar-refractivity contribution in [2.45, 2.75) is 33.1 Å². The van der Waals surface area contributed by atoms with E-state index < -0.39 is 0 Å². The number of aromatic nitrogens is 1. The maximum atomic E-state index is 5.81. The number of hydrogen-bond acceptors (Lipinski definition) is 3. The molecule has 0 aliphatic carbocycles. The fourth-order valence-electron chi connectivity index (χ4n) is 3.36. The Morgan fingerprint density at radius 1 is 0.923 bits per heavy atom. The zero-order chi connectivity index (χ0) is 18.4. The molecule has 0 atom stereocenters. The number of benzene rings is 2. The van der Waals surface area contributed by atoms with Crippen LogP contribution < -0.4 is 15.2 Å². The average molecular weight is 352 g/mol. The number of nitrogens with two attached hydrogens (primary N) is 1. The number of hydrogen-bond donors (Lipinski definition) is 2. The second kappa shape index (κ2) is 8.77. The van der Waals surface area contributed by atoms with E-state index in [1.165, 1.54) is 10.9 Å². The highest BCUT2D eigenvalue weighted by Gasteiger charge is 2.15. The van der Waals surface area contributed by atoms with E-state index in [0.29, 0.717) is 13.2 Å². The number of nitrogens with one attached hydrogen (secondary N) is 1. The molecule has 0 fully saturated rings. The second-order valence-electron chi connectivity index (χ2n) is 6.30. The van der Waals surface area contributed by atoms with Gasteiger partial charge < -0.3 is 20.2 Å². The summed E-state index contributed by atoms with van der Waals surface area (Å²) in [5.41, 5.74) is 10.5. The van der Waals surface area contributed by atoms with Crippen LogP contribution in [0.4, 0.5) is 0 Å². The average Bonchev–Trinajstić information content (AvgIpc) is 3.03. The molecule has 0 aliphatic rings. The molecular weight excluding hydrogens is 324 g/mol. The summed E-state index contributed by atoms with van der Waals surface area (Å²) >= 11 is 0. The molecule has 0 saturated heterocycles. The van der Waals surface area contributed by atoms with Crippen molar-refractivity contribution >= 4 is 10.9 Å². The first-order valence-corrected chi connectivity index (χ1v) is 9.48. The summed E-state index contributed by atoms with van der Waals surface area (Å²) < 4.78 is 11.5. The van der Waals surface area contributed by atoms with Gasteiger partial charge in [0, 0.05) is 22.2 Å². The zero-order valence-electron chi connectivity index (χ0n) is 15.7.